The number of benzene rings is 2. The van der Waals surface area contributed by atoms with Gasteiger partial charge in [0.1, 0.15) is 12.7 Å². The van der Waals surface area contributed by atoms with Gasteiger partial charge in [0.25, 0.3) is 5.91 Å². The maximum atomic E-state index is 12.6. The Morgan fingerprint density at radius 3 is 2.57 bits per heavy atom. The highest BCUT2D eigenvalue weighted by Crippen LogP contribution is 2.22. The molecule has 1 amide bonds. The number of nitrogens with one attached hydrogen (secondary N) is 1. The largest absolute Gasteiger partial charge is 0.348 e. The molecule has 0 aliphatic carbocycles. The van der Waals surface area contributed by atoms with Gasteiger partial charge >= 0.3 is 0 Å². The summed E-state index contributed by atoms with van der Waals surface area (Å²) in [7, 11) is 0. The van der Waals surface area contributed by atoms with E-state index in [4.69, 9.17) is 0 Å². The average Bonchev–Trinajstić information content (AvgIpc) is 3.26. The Labute approximate surface area is 183 Å². The molecule has 0 spiro atoms. The molecule has 0 aliphatic rings. The molecule has 4 aromatic rings. The van der Waals surface area contributed by atoms with Crippen LogP contribution < -0.4 is 5.32 Å². The zero-order valence-electron chi connectivity index (χ0n) is 16.4. The van der Waals surface area contributed by atoms with Crippen LogP contribution in [0.25, 0.3) is 11.3 Å². The molecule has 2 aromatic heterocycles. The van der Waals surface area contributed by atoms with Gasteiger partial charge in [0.05, 0.1) is 23.5 Å². The van der Waals surface area contributed by atoms with Crippen molar-refractivity contribution >= 4 is 21.8 Å². The van der Waals surface area contributed by atoms with Crippen molar-refractivity contribution in [1.82, 2.24) is 25.1 Å². The molecular weight excluding hydrogens is 442 g/mol. The van der Waals surface area contributed by atoms with E-state index < -0.39 is 0 Å². The van der Waals surface area contributed by atoms with Gasteiger partial charge in [-0.05, 0) is 42.3 Å². The highest BCUT2D eigenvalue weighted by atomic mass is 79.9. The van der Waals surface area contributed by atoms with Gasteiger partial charge in [-0.1, -0.05) is 52.3 Å². The predicted molar refractivity (Wildman–Crippen MR) is 119 cm³/mol. The number of carbonyl (C=O) groups is 1. The average molecular weight is 462 g/mol. The SMILES string of the molecule is Cc1nc(-c2cccc(Br)c2)ccc1C(=O)NCc1ccc(Cn2cncn2)cc1. The summed E-state index contributed by atoms with van der Waals surface area (Å²) in [5.41, 5.74) is 5.28. The molecule has 0 unspecified atom stereocenters. The molecule has 0 saturated heterocycles. The van der Waals surface area contributed by atoms with Crippen LogP contribution in [0.2, 0.25) is 0 Å². The monoisotopic (exact) mass is 461 g/mol. The number of halogens is 1. The van der Waals surface area contributed by atoms with Crippen molar-refractivity contribution in [2.45, 2.75) is 20.0 Å². The van der Waals surface area contributed by atoms with E-state index in [-0.39, 0.29) is 5.91 Å². The lowest BCUT2D eigenvalue weighted by atomic mass is 10.1. The first-order chi connectivity index (χ1) is 14.6. The van der Waals surface area contributed by atoms with Crippen LogP contribution in [0.4, 0.5) is 0 Å². The summed E-state index contributed by atoms with van der Waals surface area (Å²) in [5.74, 6) is -0.132. The second kappa shape index (κ2) is 9.00. The molecule has 7 heteroatoms. The molecule has 4 rings (SSSR count). The summed E-state index contributed by atoms with van der Waals surface area (Å²) >= 11 is 3.48. The quantitative estimate of drug-likeness (QED) is 0.462. The Morgan fingerprint density at radius 1 is 1.07 bits per heavy atom. The van der Waals surface area contributed by atoms with Crippen molar-refractivity contribution < 1.29 is 4.79 Å². The zero-order valence-corrected chi connectivity index (χ0v) is 18.0. The molecule has 150 valence electrons. The van der Waals surface area contributed by atoms with E-state index in [9.17, 15) is 4.79 Å². The molecule has 0 aliphatic heterocycles. The van der Waals surface area contributed by atoms with E-state index >= 15 is 0 Å². The standard InChI is InChI=1S/C23H20BrN5O/c1-16-21(9-10-22(28-16)19-3-2-4-20(24)11-19)23(30)26-12-17-5-7-18(8-6-17)13-29-15-25-14-27-29/h2-11,14-15H,12-13H2,1H3,(H,26,30). The van der Waals surface area contributed by atoms with Crippen LogP contribution in [0.15, 0.2) is 77.8 Å². The second-order valence-electron chi connectivity index (χ2n) is 6.93. The smallest absolute Gasteiger partial charge is 0.253 e. The van der Waals surface area contributed by atoms with Crippen LogP contribution in [-0.4, -0.2) is 25.7 Å². The third-order valence-corrected chi connectivity index (χ3v) is 5.23. The third kappa shape index (κ3) is 4.80. The molecule has 6 nitrogen and oxygen atoms in total. The molecule has 0 radical (unpaired) electrons. The van der Waals surface area contributed by atoms with E-state index in [1.165, 1.54) is 6.33 Å². The van der Waals surface area contributed by atoms with Gasteiger partial charge in [0.2, 0.25) is 0 Å². The van der Waals surface area contributed by atoms with E-state index in [1.54, 1.807) is 11.0 Å². The minimum Gasteiger partial charge on any atom is -0.348 e. The summed E-state index contributed by atoms with van der Waals surface area (Å²) < 4.78 is 2.76. The van der Waals surface area contributed by atoms with Gasteiger partial charge in [-0.2, -0.15) is 5.10 Å². The highest BCUT2D eigenvalue weighted by Gasteiger charge is 2.11. The van der Waals surface area contributed by atoms with Crippen molar-refractivity contribution in [3.63, 3.8) is 0 Å². The third-order valence-electron chi connectivity index (χ3n) is 4.74. The van der Waals surface area contributed by atoms with Crippen molar-refractivity contribution in [2.24, 2.45) is 0 Å². The molecule has 0 atom stereocenters. The molecule has 2 heterocycles. The first-order valence-corrected chi connectivity index (χ1v) is 10.3. The lowest BCUT2D eigenvalue weighted by Crippen LogP contribution is -2.24. The number of amides is 1. The molecule has 0 saturated carbocycles. The lowest BCUT2D eigenvalue weighted by molar-refractivity contribution is 0.0950. The van der Waals surface area contributed by atoms with Crippen molar-refractivity contribution in [3.05, 3.63) is 100 Å². The van der Waals surface area contributed by atoms with Crippen LogP contribution in [-0.2, 0) is 13.1 Å². The van der Waals surface area contributed by atoms with Crippen LogP contribution in [0.1, 0.15) is 27.2 Å². The zero-order chi connectivity index (χ0) is 20.9. The van der Waals surface area contributed by atoms with Gasteiger partial charge in [-0.25, -0.2) is 9.67 Å². The van der Waals surface area contributed by atoms with E-state index in [2.05, 4.69) is 36.3 Å². The summed E-state index contributed by atoms with van der Waals surface area (Å²) in [5, 5.41) is 7.08. The Morgan fingerprint density at radius 2 is 1.87 bits per heavy atom. The first kappa shape index (κ1) is 20.0. The Kier molecular flexibility index (Phi) is 5.99. The van der Waals surface area contributed by atoms with Crippen LogP contribution in [0.5, 0.6) is 0 Å². The number of hydrogen-bond acceptors (Lipinski definition) is 4. The molecule has 0 bridgehead atoms. The maximum Gasteiger partial charge on any atom is 0.253 e. The second-order valence-corrected chi connectivity index (χ2v) is 7.85. The number of pyridine rings is 1. The Bertz CT molecular complexity index is 1160. The van der Waals surface area contributed by atoms with Gasteiger partial charge in [0.15, 0.2) is 0 Å². The molecule has 30 heavy (non-hydrogen) atoms. The summed E-state index contributed by atoms with van der Waals surface area (Å²) in [4.78, 5) is 21.2. The summed E-state index contributed by atoms with van der Waals surface area (Å²) in [6.45, 7) is 2.98. The number of rotatable bonds is 6. The van der Waals surface area contributed by atoms with Gasteiger partial charge in [0, 0.05) is 16.6 Å². The summed E-state index contributed by atoms with van der Waals surface area (Å²) in [6.07, 6.45) is 3.21. The fourth-order valence-electron chi connectivity index (χ4n) is 3.15. The Hall–Kier alpha value is -3.32. The minimum absolute atomic E-state index is 0.132. The molecule has 0 fully saturated rings. The van der Waals surface area contributed by atoms with Crippen molar-refractivity contribution in [1.29, 1.82) is 0 Å². The number of aromatic nitrogens is 4. The fraction of sp³-hybridized carbons (Fsp3) is 0.130. The molecule has 1 N–H and O–H groups in total. The number of carbonyl (C=O) groups excluding carboxylic acids is 1. The first-order valence-electron chi connectivity index (χ1n) is 9.50. The fourth-order valence-corrected chi connectivity index (χ4v) is 3.55. The van der Waals surface area contributed by atoms with Crippen LogP contribution in [0.3, 0.4) is 0 Å². The predicted octanol–water partition coefficient (Wildman–Crippen LogP) is 4.39. The number of aryl methyl sites for hydroxylation is 1. The normalized spacial score (nSPS) is 10.7. The topological polar surface area (TPSA) is 72.7 Å². The minimum atomic E-state index is -0.132. The van der Waals surface area contributed by atoms with Crippen LogP contribution in [0, 0.1) is 6.92 Å². The highest BCUT2D eigenvalue weighted by molar-refractivity contribution is 9.10. The van der Waals surface area contributed by atoms with E-state index in [0.717, 1.165) is 26.9 Å². The van der Waals surface area contributed by atoms with Gasteiger partial charge in [-0.3, -0.25) is 9.78 Å². The number of nitrogens with zero attached hydrogens (tertiary/aromatic N) is 4. The van der Waals surface area contributed by atoms with Crippen molar-refractivity contribution in [3.8, 4) is 11.3 Å². The van der Waals surface area contributed by atoms with Crippen molar-refractivity contribution in [2.75, 3.05) is 0 Å². The lowest BCUT2D eigenvalue weighted by Gasteiger charge is -2.10. The van der Waals surface area contributed by atoms with Gasteiger partial charge < -0.3 is 5.32 Å². The van der Waals surface area contributed by atoms with Gasteiger partial charge in [-0.15, -0.1) is 0 Å². The van der Waals surface area contributed by atoms with Crippen LogP contribution >= 0.6 is 15.9 Å². The summed E-state index contributed by atoms with van der Waals surface area (Å²) in [6, 6.07) is 19.7. The molecular formula is C23H20BrN5O. The van der Waals surface area contributed by atoms with E-state index in [1.807, 2.05) is 67.6 Å². The Balaban J connectivity index is 1.39. The molecule has 2 aromatic carbocycles. The number of hydrogen-bond donors (Lipinski definition) is 1. The maximum absolute atomic E-state index is 12.6. The van der Waals surface area contributed by atoms with E-state index in [0.29, 0.717) is 24.3 Å².